The fourth-order valence-corrected chi connectivity index (χ4v) is 2.31. The van der Waals surface area contributed by atoms with Gasteiger partial charge in [-0.2, -0.15) is 0 Å². The summed E-state index contributed by atoms with van der Waals surface area (Å²) in [7, 11) is 0. The molecule has 0 saturated carbocycles. The van der Waals surface area contributed by atoms with Gasteiger partial charge in [-0.05, 0) is 31.0 Å². The molecule has 0 aromatic carbocycles. The van der Waals surface area contributed by atoms with E-state index in [4.69, 9.17) is 5.11 Å². The molecule has 0 bridgehead atoms. The first kappa shape index (κ1) is 13.5. The third kappa shape index (κ3) is 3.31. The van der Waals surface area contributed by atoms with Crippen LogP contribution in [0.3, 0.4) is 0 Å². The van der Waals surface area contributed by atoms with E-state index in [1.807, 2.05) is 24.5 Å². The minimum Gasteiger partial charge on any atom is -0.481 e. The number of carboxylic acid groups (broad SMARTS) is 1. The van der Waals surface area contributed by atoms with Crippen molar-refractivity contribution in [1.82, 2.24) is 19.7 Å². The highest BCUT2D eigenvalue weighted by molar-refractivity contribution is 7.99. The number of carboxylic acids is 1. The van der Waals surface area contributed by atoms with Crippen LogP contribution in [0, 0.1) is 13.8 Å². The first-order chi connectivity index (χ1) is 9.08. The van der Waals surface area contributed by atoms with Crippen molar-refractivity contribution >= 4 is 17.7 Å². The zero-order valence-corrected chi connectivity index (χ0v) is 11.5. The number of aryl methyl sites for hydroxylation is 2. The number of aliphatic carboxylic acids is 1. The van der Waals surface area contributed by atoms with Gasteiger partial charge in [0.05, 0.1) is 12.3 Å². The molecule has 0 saturated heterocycles. The SMILES string of the molecule is Cc1ccncc1Cn1c(C)nnc1SCC(=O)O. The van der Waals surface area contributed by atoms with Gasteiger partial charge in [0.1, 0.15) is 5.82 Å². The monoisotopic (exact) mass is 278 g/mol. The van der Waals surface area contributed by atoms with Crippen LogP contribution >= 0.6 is 11.8 Å². The van der Waals surface area contributed by atoms with Crippen molar-refractivity contribution in [3.63, 3.8) is 0 Å². The second-order valence-corrected chi connectivity index (χ2v) is 5.04. The van der Waals surface area contributed by atoms with Crippen molar-refractivity contribution in [3.05, 3.63) is 35.4 Å². The van der Waals surface area contributed by atoms with Gasteiger partial charge in [-0.25, -0.2) is 0 Å². The van der Waals surface area contributed by atoms with Gasteiger partial charge in [-0.15, -0.1) is 10.2 Å². The second-order valence-electron chi connectivity index (χ2n) is 4.10. The molecule has 6 nitrogen and oxygen atoms in total. The molecular weight excluding hydrogens is 264 g/mol. The number of hydrogen-bond donors (Lipinski definition) is 1. The molecule has 2 heterocycles. The van der Waals surface area contributed by atoms with E-state index in [2.05, 4.69) is 15.2 Å². The van der Waals surface area contributed by atoms with Gasteiger partial charge >= 0.3 is 5.97 Å². The first-order valence-electron chi connectivity index (χ1n) is 5.72. The predicted molar refractivity (Wildman–Crippen MR) is 71.2 cm³/mol. The molecule has 0 aliphatic rings. The summed E-state index contributed by atoms with van der Waals surface area (Å²) in [6.45, 7) is 4.46. The number of thioether (sulfide) groups is 1. The maximum absolute atomic E-state index is 10.6. The fraction of sp³-hybridized carbons (Fsp3) is 0.333. The highest BCUT2D eigenvalue weighted by Gasteiger charge is 2.12. The van der Waals surface area contributed by atoms with Crippen LogP contribution in [0.4, 0.5) is 0 Å². The van der Waals surface area contributed by atoms with Crippen molar-refractivity contribution in [2.24, 2.45) is 0 Å². The summed E-state index contributed by atoms with van der Waals surface area (Å²) in [6, 6.07) is 1.94. The maximum Gasteiger partial charge on any atom is 0.313 e. The summed E-state index contributed by atoms with van der Waals surface area (Å²) < 4.78 is 1.90. The second kappa shape index (κ2) is 5.83. The van der Waals surface area contributed by atoms with Crippen LogP contribution in [0.1, 0.15) is 17.0 Å². The highest BCUT2D eigenvalue weighted by atomic mass is 32.2. The predicted octanol–water partition coefficient (Wildman–Crippen LogP) is 1.51. The molecule has 2 aromatic rings. The van der Waals surface area contributed by atoms with E-state index in [1.165, 1.54) is 11.8 Å². The van der Waals surface area contributed by atoms with Crippen LogP contribution in [0.2, 0.25) is 0 Å². The molecule has 0 radical (unpaired) electrons. The number of pyridine rings is 1. The fourth-order valence-electron chi connectivity index (χ4n) is 1.61. The lowest BCUT2D eigenvalue weighted by Gasteiger charge is -2.09. The van der Waals surface area contributed by atoms with Crippen molar-refractivity contribution in [1.29, 1.82) is 0 Å². The van der Waals surface area contributed by atoms with Gasteiger partial charge in [-0.1, -0.05) is 11.8 Å². The Hall–Kier alpha value is -1.89. The van der Waals surface area contributed by atoms with Gasteiger partial charge in [0.15, 0.2) is 5.16 Å². The van der Waals surface area contributed by atoms with Crippen LogP contribution in [-0.4, -0.2) is 36.6 Å². The molecule has 2 rings (SSSR count). The lowest BCUT2D eigenvalue weighted by molar-refractivity contribution is -0.133. The van der Waals surface area contributed by atoms with E-state index < -0.39 is 5.97 Å². The number of aromatic nitrogens is 4. The van der Waals surface area contributed by atoms with Gasteiger partial charge in [0, 0.05) is 12.4 Å². The lowest BCUT2D eigenvalue weighted by Crippen LogP contribution is -2.07. The van der Waals surface area contributed by atoms with Crippen LogP contribution in [-0.2, 0) is 11.3 Å². The van der Waals surface area contributed by atoms with E-state index in [0.717, 1.165) is 17.0 Å². The van der Waals surface area contributed by atoms with Crippen molar-refractivity contribution in [3.8, 4) is 0 Å². The third-order valence-electron chi connectivity index (χ3n) is 2.70. The Balaban J connectivity index is 2.22. The Morgan fingerprint density at radius 1 is 1.42 bits per heavy atom. The summed E-state index contributed by atoms with van der Waals surface area (Å²) in [5, 5.41) is 17.3. The first-order valence-corrected chi connectivity index (χ1v) is 6.70. The molecule has 0 atom stereocenters. The molecule has 0 spiro atoms. The van der Waals surface area contributed by atoms with Gasteiger partial charge in [0.25, 0.3) is 0 Å². The third-order valence-corrected chi connectivity index (χ3v) is 3.65. The van der Waals surface area contributed by atoms with Crippen LogP contribution in [0.25, 0.3) is 0 Å². The lowest BCUT2D eigenvalue weighted by atomic mass is 10.1. The molecule has 1 N–H and O–H groups in total. The Morgan fingerprint density at radius 3 is 2.89 bits per heavy atom. The van der Waals surface area contributed by atoms with Crippen molar-refractivity contribution in [2.75, 3.05) is 5.75 Å². The molecule has 0 fully saturated rings. The summed E-state index contributed by atoms with van der Waals surface area (Å²) in [4.78, 5) is 14.7. The minimum absolute atomic E-state index is 0.0237. The standard InChI is InChI=1S/C12H14N4O2S/c1-8-3-4-13-5-10(8)6-16-9(2)14-15-12(16)19-7-11(17)18/h3-5H,6-7H2,1-2H3,(H,17,18). The number of hydrogen-bond acceptors (Lipinski definition) is 5. The van der Waals surface area contributed by atoms with E-state index in [0.29, 0.717) is 11.7 Å². The molecule has 0 aliphatic heterocycles. The van der Waals surface area contributed by atoms with Crippen LogP contribution in [0.15, 0.2) is 23.6 Å². The van der Waals surface area contributed by atoms with E-state index in [-0.39, 0.29) is 5.75 Å². The largest absolute Gasteiger partial charge is 0.481 e. The maximum atomic E-state index is 10.6. The Kier molecular flexibility index (Phi) is 4.16. The highest BCUT2D eigenvalue weighted by Crippen LogP contribution is 2.19. The number of nitrogens with zero attached hydrogens (tertiary/aromatic N) is 4. The van der Waals surface area contributed by atoms with E-state index in [1.54, 1.807) is 12.4 Å². The topological polar surface area (TPSA) is 80.9 Å². The normalized spacial score (nSPS) is 10.6. The average Bonchev–Trinajstić information content (AvgIpc) is 2.71. The Morgan fingerprint density at radius 2 is 2.21 bits per heavy atom. The Labute approximate surface area is 114 Å². The van der Waals surface area contributed by atoms with Gasteiger partial charge < -0.3 is 9.67 Å². The summed E-state index contributed by atoms with van der Waals surface area (Å²) >= 11 is 1.17. The molecule has 19 heavy (non-hydrogen) atoms. The molecule has 7 heteroatoms. The average molecular weight is 278 g/mol. The quantitative estimate of drug-likeness (QED) is 0.835. The van der Waals surface area contributed by atoms with Crippen molar-refractivity contribution in [2.45, 2.75) is 25.5 Å². The van der Waals surface area contributed by atoms with Gasteiger partial charge in [-0.3, -0.25) is 9.78 Å². The van der Waals surface area contributed by atoms with E-state index in [9.17, 15) is 4.79 Å². The zero-order valence-electron chi connectivity index (χ0n) is 10.7. The molecule has 0 unspecified atom stereocenters. The number of carbonyl (C=O) groups is 1. The summed E-state index contributed by atoms with van der Waals surface area (Å²) in [5.74, 6) is -0.129. The number of rotatable bonds is 5. The summed E-state index contributed by atoms with van der Waals surface area (Å²) in [6.07, 6.45) is 3.55. The Bertz CT molecular complexity index is 597. The summed E-state index contributed by atoms with van der Waals surface area (Å²) in [5.41, 5.74) is 2.21. The van der Waals surface area contributed by atoms with Crippen LogP contribution in [0.5, 0.6) is 0 Å². The molecular formula is C12H14N4O2S. The molecule has 0 aliphatic carbocycles. The molecule has 0 amide bonds. The van der Waals surface area contributed by atoms with Gasteiger partial charge in [0.2, 0.25) is 0 Å². The molecule has 100 valence electrons. The minimum atomic E-state index is -0.866. The van der Waals surface area contributed by atoms with Crippen LogP contribution < -0.4 is 0 Å². The van der Waals surface area contributed by atoms with Crippen molar-refractivity contribution < 1.29 is 9.90 Å². The van der Waals surface area contributed by atoms with E-state index >= 15 is 0 Å². The molecule has 2 aromatic heterocycles. The smallest absolute Gasteiger partial charge is 0.313 e. The zero-order chi connectivity index (χ0) is 13.8.